The van der Waals surface area contributed by atoms with Crippen LogP contribution in [0.2, 0.25) is 0 Å². The predicted molar refractivity (Wildman–Crippen MR) is 187 cm³/mol. The van der Waals surface area contributed by atoms with Gasteiger partial charge in [-0.05, 0) is 37.1 Å². The maximum absolute atomic E-state index is 13.6. The fourth-order valence-corrected chi connectivity index (χ4v) is 5.00. The van der Waals surface area contributed by atoms with E-state index in [4.69, 9.17) is 0 Å². The molecule has 0 N–H and O–H groups in total. The van der Waals surface area contributed by atoms with Crippen LogP contribution in [0.3, 0.4) is 0 Å². The third kappa shape index (κ3) is 13.6. The van der Waals surface area contributed by atoms with Crippen molar-refractivity contribution in [3.63, 3.8) is 0 Å². The number of halogens is 2. The quantitative estimate of drug-likeness (QED) is 0.0455. The van der Waals surface area contributed by atoms with E-state index in [9.17, 15) is 8.78 Å². The van der Waals surface area contributed by atoms with E-state index in [1.165, 1.54) is 46.8 Å². The third-order valence-electron chi connectivity index (χ3n) is 5.52. The minimum absolute atomic E-state index is 0. The van der Waals surface area contributed by atoms with Crippen molar-refractivity contribution in [3.8, 4) is 0 Å². The Bertz CT molecular complexity index is 1410. The molecule has 11 heteroatoms. The molecule has 4 rings (SSSR count). The summed E-state index contributed by atoms with van der Waals surface area (Å²) in [5.41, 5.74) is 12.4. The molecule has 0 aliphatic heterocycles. The minimum atomic E-state index is -0.299. The van der Waals surface area contributed by atoms with Crippen molar-refractivity contribution in [2.24, 2.45) is 10.2 Å². The fraction of sp³-hybridized carbons (Fsp3) is 0.125. The first-order valence-corrected chi connectivity index (χ1v) is 15.7. The van der Waals surface area contributed by atoms with Crippen molar-refractivity contribution >= 4 is 68.0 Å². The molecule has 0 heterocycles. The van der Waals surface area contributed by atoms with E-state index in [0.717, 1.165) is 11.5 Å². The number of hydrogen-bond acceptors (Lipinski definition) is 4. The predicted octanol–water partition coefficient (Wildman–Crippen LogP) is 8.44. The molecule has 0 unspecified atom stereocenters. The van der Waals surface area contributed by atoms with E-state index in [-0.39, 0.29) is 32.1 Å². The van der Waals surface area contributed by atoms with Gasteiger partial charge in [0.2, 0.25) is 0 Å². The first-order chi connectivity index (χ1) is 20.3. The van der Waals surface area contributed by atoms with Crippen molar-refractivity contribution in [1.82, 2.24) is 0 Å². The van der Waals surface area contributed by atoms with Crippen LogP contribution in [-0.2, 0) is 56.4 Å². The summed E-state index contributed by atoms with van der Waals surface area (Å²) in [7, 11) is 0. The second-order valence-corrected chi connectivity index (χ2v) is 12.0. The number of hydrogen-bond donors (Lipinski definition) is 0. The Balaban J connectivity index is 0.000000293. The summed E-state index contributed by atoms with van der Waals surface area (Å²) in [5.74, 6) is 0.952. The average Bonchev–Trinajstić information content (AvgIpc) is 3.02. The molecular weight excluding hydrogens is 713 g/mol. The molecule has 4 aromatic carbocycles. The van der Waals surface area contributed by atoms with Gasteiger partial charge >= 0.3 is 0 Å². The standard InChI is InChI=1S/2C16H15FN2S2.Pd/c2*1-12(14-9-5-6-10-15(14)17)18-19-16(20)21-11-13-7-3-2-4-8-13;/h2*2-10H,11H2,1H3,(H,19,20);/b2*18-12-;. The molecular formula is C32H30F2N4PdS4. The van der Waals surface area contributed by atoms with Crippen molar-refractivity contribution in [3.05, 3.63) is 154 Å². The van der Waals surface area contributed by atoms with Gasteiger partial charge in [0.15, 0.2) is 33.1 Å². The Kier molecular flexibility index (Phi) is 17.1. The molecule has 226 valence electrons. The van der Waals surface area contributed by atoms with E-state index in [0.29, 0.717) is 31.2 Å². The fourth-order valence-electron chi connectivity index (χ4n) is 3.35. The Morgan fingerprint density at radius 3 is 1.26 bits per heavy atom. The summed E-state index contributed by atoms with van der Waals surface area (Å²) in [6.07, 6.45) is 0. The number of rotatable bonds is 8. The summed E-state index contributed by atoms with van der Waals surface area (Å²) >= 11 is 11.5. The van der Waals surface area contributed by atoms with E-state index >= 15 is 0 Å². The Morgan fingerprint density at radius 2 is 0.907 bits per heavy atom. The summed E-state index contributed by atoms with van der Waals surface area (Å²) < 4.78 is 28.3. The van der Waals surface area contributed by atoms with Gasteiger partial charge in [-0.15, -0.1) is 0 Å². The maximum atomic E-state index is 13.6. The molecule has 0 saturated heterocycles. The van der Waals surface area contributed by atoms with Crippen LogP contribution in [0.25, 0.3) is 10.9 Å². The van der Waals surface area contributed by atoms with Gasteiger partial charge in [-0.25, -0.2) is 8.78 Å². The van der Waals surface area contributed by atoms with Crippen molar-refractivity contribution < 1.29 is 29.2 Å². The van der Waals surface area contributed by atoms with Crippen LogP contribution in [0.1, 0.15) is 36.1 Å². The summed E-state index contributed by atoms with van der Waals surface area (Å²) in [6.45, 7) is 3.45. The van der Waals surface area contributed by atoms with Crippen LogP contribution in [0.4, 0.5) is 8.78 Å². The molecule has 0 atom stereocenters. The van der Waals surface area contributed by atoms with Gasteiger partial charge in [-0.2, -0.15) is 0 Å². The topological polar surface area (TPSA) is 52.9 Å². The van der Waals surface area contributed by atoms with E-state index in [1.54, 1.807) is 50.2 Å². The molecule has 0 aromatic heterocycles. The molecule has 0 bridgehead atoms. The SMILES string of the molecule is C/C(=N/[N-]C(=[SH+])SCc1ccccc1)c1ccccc1F.C/C(=N/[N-]C(=[SH+])SCc1ccccc1)c1ccccc1F.[Pd]. The molecule has 43 heavy (non-hydrogen) atoms. The third-order valence-corrected chi connectivity index (χ3v) is 8.11. The molecule has 0 aliphatic carbocycles. The Morgan fingerprint density at radius 1 is 0.581 bits per heavy atom. The van der Waals surface area contributed by atoms with E-state index in [1.807, 2.05) is 60.7 Å². The Hall–Kier alpha value is -2.78. The summed E-state index contributed by atoms with van der Waals surface area (Å²) in [6, 6.07) is 33.1. The zero-order valence-corrected chi connectivity index (χ0v) is 28.4. The van der Waals surface area contributed by atoms with Crippen LogP contribution in [0, 0.1) is 11.6 Å². The van der Waals surface area contributed by atoms with Crippen molar-refractivity contribution in [2.45, 2.75) is 25.4 Å². The Labute approximate surface area is 284 Å². The number of thioether (sulfide) groups is 2. The average molecular weight is 743 g/mol. The van der Waals surface area contributed by atoms with Crippen LogP contribution in [-0.4, -0.2) is 20.1 Å². The van der Waals surface area contributed by atoms with E-state index < -0.39 is 0 Å². The van der Waals surface area contributed by atoms with Crippen LogP contribution < -0.4 is 0 Å². The first kappa shape index (κ1) is 36.4. The van der Waals surface area contributed by atoms with E-state index in [2.05, 4.69) is 45.5 Å². The zero-order valence-electron chi connectivity index (χ0n) is 23.4. The summed E-state index contributed by atoms with van der Waals surface area (Å²) in [5, 5.41) is 8.07. The molecule has 0 amide bonds. The van der Waals surface area contributed by atoms with Crippen LogP contribution in [0.15, 0.2) is 119 Å². The van der Waals surface area contributed by atoms with Gasteiger partial charge in [-0.1, -0.05) is 121 Å². The number of nitrogens with zero attached hydrogens (tertiary/aromatic N) is 4. The number of thiol groups is 2. The second-order valence-electron chi connectivity index (χ2n) is 8.64. The van der Waals surface area contributed by atoms with Crippen molar-refractivity contribution in [1.29, 1.82) is 0 Å². The molecule has 0 aliphatic rings. The monoisotopic (exact) mass is 742 g/mol. The molecule has 0 saturated carbocycles. The first-order valence-electron chi connectivity index (χ1n) is 12.8. The molecule has 4 nitrogen and oxygen atoms in total. The van der Waals surface area contributed by atoms with Gasteiger partial charge in [0.05, 0.1) is 0 Å². The van der Waals surface area contributed by atoms with Crippen LogP contribution in [0.5, 0.6) is 0 Å². The number of benzene rings is 4. The van der Waals surface area contributed by atoms with Crippen LogP contribution >= 0.6 is 23.5 Å². The summed E-state index contributed by atoms with van der Waals surface area (Å²) in [4.78, 5) is 0. The van der Waals surface area contributed by atoms with Crippen molar-refractivity contribution in [2.75, 3.05) is 0 Å². The smallest absolute Gasteiger partial charge is 0.175 e. The second kappa shape index (κ2) is 20.2. The zero-order chi connectivity index (χ0) is 30.2. The maximum Gasteiger partial charge on any atom is 0.175 e. The van der Waals surface area contributed by atoms with Gasteiger partial charge in [0.25, 0.3) is 0 Å². The van der Waals surface area contributed by atoms with Gasteiger partial charge in [0, 0.05) is 54.5 Å². The normalized spacial score (nSPS) is 11.0. The molecule has 0 fully saturated rings. The molecule has 0 radical (unpaired) electrons. The van der Waals surface area contributed by atoms with Gasteiger partial charge in [-0.3, -0.25) is 0 Å². The molecule has 0 spiro atoms. The van der Waals surface area contributed by atoms with Gasteiger partial charge < -0.3 is 21.1 Å². The minimum Gasteiger partial charge on any atom is -0.519 e. The largest absolute Gasteiger partial charge is 0.519 e. The molecule has 4 aromatic rings. The van der Waals surface area contributed by atoms with Gasteiger partial charge in [0.1, 0.15) is 11.6 Å².